The Balaban J connectivity index is 2.86. The molecule has 4 N–H and O–H groups in total. The Morgan fingerprint density at radius 2 is 1.75 bits per heavy atom. The number of alkyl halides is 3. The third-order valence-corrected chi connectivity index (χ3v) is 5.49. The van der Waals surface area contributed by atoms with Crippen molar-refractivity contribution in [2.24, 2.45) is 16.5 Å². The highest BCUT2D eigenvalue weighted by Crippen LogP contribution is 2.38. The lowest BCUT2D eigenvalue weighted by Gasteiger charge is -2.17. The Labute approximate surface area is 159 Å². The fourth-order valence-corrected chi connectivity index (χ4v) is 4.02. The second-order valence-corrected chi connectivity index (χ2v) is 7.57. The van der Waals surface area contributed by atoms with E-state index in [4.69, 9.17) is 11.5 Å². The Morgan fingerprint density at radius 3 is 2.25 bits per heavy atom. The van der Waals surface area contributed by atoms with Crippen LogP contribution in [0.15, 0.2) is 69.9 Å². The van der Waals surface area contributed by atoms with Crippen LogP contribution in [-0.4, -0.2) is 20.3 Å². The van der Waals surface area contributed by atoms with E-state index >= 15 is 0 Å². The average molecular weight is 411 g/mol. The molecular weight excluding hydrogens is 395 g/mol. The molecule has 1 amide bonds. The fraction of sp³-hybridized carbons (Fsp3) is 0.111. The van der Waals surface area contributed by atoms with Crippen molar-refractivity contribution < 1.29 is 26.4 Å². The zero-order valence-electron chi connectivity index (χ0n) is 14.4. The molecule has 6 nitrogen and oxygen atoms in total. The van der Waals surface area contributed by atoms with Gasteiger partial charge < -0.3 is 11.5 Å². The minimum absolute atomic E-state index is 0.00694. The average Bonchev–Trinajstić information content (AvgIpc) is 2.60. The summed E-state index contributed by atoms with van der Waals surface area (Å²) < 4.78 is 66.6. The van der Waals surface area contributed by atoms with Gasteiger partial charge in [0.05, 0.1) is 15.4 Å². The lowest BCUT2D eigenvalue weighted by molar-refractivity contribution is -0.139. The number of amides is 1. The summed E-state index contributed by atoms with van der Waals surface area (Å²) in [6, 6.07) is 7.93. The number of benzene rings is 2. The predicted molar refractivity (Wildman–Crippen MR) is 97.4 cm³/mol. The second-order valence-electron chi connectivity index (χ2n) is 5.65. The van der Waals surface area contributed by atoms with E-state index in [2.05, 4.69) is 11.6 Å². The van der Waals surface area contributed by atoms with E-state index < -0.39 is 43.9 Å². The van der Waals surface area contributed by atoms with Crippen LogP contribution in [0.2, 0.25) is 0 Å². The Hall–Kier alpha value is -3.14. The summed E-state index contributed by atoms with van der Waals surface area (Å²) in [4.78, 5) is 14.1. The minimum Gasteiger partial charge on any atom is -0.370 e. The molecule has 2 rings (SSSR count). The summed E-state index contributed by atoms with van der Waals surface area (Å²) in [6.45, 7) is 3.47. The Bertz CT molecular complexity index is 1040. The van der Waals surface area contributed by atoms with E-state index in [-0.39, 0.29) is 16.9 Å². The molecule has 148 valence electrons. The standard InChI is InChI=1S/C18H16F3N3O3S/c1-2-6-11-9-15(28(26,27)12-7-4-3-5-8-12)14(18(19,20)21)10-13(11)16(25)24-17(22)23/h2-5,7-10H,1,6H2,(H4,22,23,24,25). The predicted octanol–water partition coefficient (Wildman–Crippen LogP) is 2.68. The van der Waals surface area contributed by atoms with Crippen molar-refractivity contribution in [2.45, 2.75) is 22.4 Å². The number of rotatable bonds is 5. The molecule has 10 heteroatoms. The van der Waals surface area contributed by atoms with Crippen LogP contribution < -0.4 is 11.5 Å². The first-order chi connectivity index (χ1) is 13.0. The quantitative estimate of drug-likeness (QED) is 0.446. The van der Waals surface area contributed by atoms with E-state index in [0.29, 0.717) is 6.07 Å². The summed E-state index contributed by atoms with van der Waals surface area (Å²) in [6.07, 6.45) is -3.80. The highest BCUT2D eigenvalue weighted by molar-refractivity contribution is 7.91. The molecule has 0 aromatic heterocycles. The van der Waals surface area contributed by atoms with E-state index in [9.17, 15) is 26.4 Å². The highest BCUT2D eigenvalue weighted by Gasteiger charge is 2.39. The van der Waals surface area contributed by atoms with Crippen LogP contribution in [-0.2, 0) is 22.4 Å². The zero-order valence-corrected chi connectivity index (χ0v) is 15.2. The number of nitrogens with zero attached hydrogens (tertiary/aromatic N) is 1. The van der Waals surface area contributed by atoms with Crippen molar-refractivity contribution in [2.75, 3.05) is 0 Å². The van der Waals surface area contributed by atoms with Crippen LogP contribution in [0.5, 0.6) is 0 Å². The van der Waals surface area contributed by atoms with Gasteiger partial charge in [0.25, 0.3) is 5.91 Å². The van der Waals surface area contributed by atoms with Gasteiger partial charge in [-0.3, -0.25) is 4.79 Å². The Morgan fingerprint density at radius 1 is 1.14 bits per heavy atom. The van der Waals surface area contributed by atoms with Gasteiger partial charge in [-0.1, -0.05) is 24.3 Å². The molecule has 0 radical (unpaired) electrons. The number of hydrogen-bond donors (Lipinski definition) is 2. The first-order valence-corrected chi connectivity index (χ1v) is 9.26. The number of carbonyl (C=O) groups excluding carboxylic acids is 1. The molecule has 0 bridgehead atoms. The van der Waals surface area contributed by atoms with E-state index in [1.165, 1.54) is 36.4 Å². The van der Waals surface area contributed by atoms with Gasteiger partial charge in [-0.2, -0.15) is 18.2 Å². The van der Waals surface area contributed by atoms with Gasteiger partial charge in [0, 0.05) is 5.56 Å². The number of hydrogen-bond acceptors (Lipinski definition) is 3. The van der Waals surface area contributed by atoms with E-state index in [1.54, 1.807) is 0 Å². The number of carbonyl (C=O) groups is 1. The fourth-order valence-electron chi connectivity index (χ4n) is 2.49. The van der Waals surface area contributed by atoms with Crippen molar-refractivity contribution in [3.63, 3.8) is 0 Å². The topological polar surface area (TPSA) is 116 Å². The first-order valence-electron chi connectivity index (χ1n) is 7.77. The van der Waals surface area contributed by atoms with Crippen molar-refractivity contribution in [1.82, 2.24) is 0 Å². The lowest BCUT2D eigenvalue weighted by atomic mass is 10.0. The number of halogens is 3. The molecule has 2 aromatic carbocycles. The van der Waals surface area contributed by atoms with Gasteiger partial charge >= 0.3 is 6.18 Å². The summed E-state index contributed by atoms with van der Waals surface area (Å²) >= 11 is 0. The molecule has 0 unspecified atom stereocenters. The van der Waals surface area contributed by atoms with Crippen molar-refractivity contribution >= 4 is 21.7 Å². The zero-order chi connectivity index (χ0) is 21.1. The smallest absolute Gasteiger partial charge is 0.370 e. The summed E-state index contributed by atoms with van der Waals surface area (Å²) in [5.41, 5.74) is 8.28. The molecule has 0 aliphatic heterocycles. The summed E-state index contributed by atoms with van der Waals surface area (Å²) in [5, 5.41) is 0. The third-order valence-electron chi connectivity index (χ3n) is 3.68. The van der Waals surface area contributed by atoms with Crippen LogP contribution in [0.25, 0.3) is 0 Å². The molecule has 0 atom stereocenters. The normalized spacial score (nSPS) is 11.7. The molecule has 0 saturated carbocycles. The number of allylic oxidation sites excluding steroid dienone is 1. The van der Waals surface area contributed by atoms with Gasteiger partial charge in [0.2, 0.25) is 9.84 Å². The minimum atomic E-state index is -5.04. The van der Waals surface area contributed by atoms with Gasteiger partial charge in [-0.25, -0.2) is 8.42 Å². The highest BCUT2D eigenvalue weighted by atomic mass is 32.2. The molecule has 0 aliphatic carbocycles. The van der Waals surface area contributed by atoms with Gasteiger partial charge in [0.1, 0.15) is 0 Å². The maximum atomic E-state index is 13.6. The third kappa shape index (κ3) is 4.39. The van der Waals surface area contributed by atoms with Gasteiger partial charge in [0.15, 0.2) is 5.96 Å². The van der Waals surface area contributed by atoms with Crippen LogP contribution in [0, 0.1) is 0 Å². The molecule has 0 spiro atoms. The number of aliphatic imine (C=N–C) groups is 1. The lowest BCUT2D eigenvalue weighted by Crippen LogP contribution is -2.25. The molecule has 0 saturated heterocycles. The van der Waals surface area contributed by atoms with Crippen LogP contribution >= 0.6 is 0 Å². The second kappa shape index (κ2) is 7.85. The monoisotopic (exact) mass is 411 g/mol. The van der Waals surface area contributed by atoms with Crippen molar-refractivity contribution in [3.8, 4) is 0 Å². The summed E-state index contributed by atoms with van der Waals surface area (Å²) in [7, 11) is -4.51. The summed E-state index contributed by atoms with van der Waals surface area (Å²) in [5.74, 6) is -1.75. The molecule has 2 aromatic rings. The number of nitrogens with two attached hydrogens (primary N) is 2. The number of guanidine groups is 1. The molecule has 0 fully saturated rings. The van der Waals surface area contributed by atoms with E-state index in [0.717, 1.165) is 6.07 Å². The molecule has 0 aliphatic rings. The molecular formula is C18H16F3N3O3S. The van der Waals surface area contributed by atoms with Crippen molar-refractivity contribution in [3.05, 3.63) is 71.8 Å². The SMILES string of the molecule is C=CCc1cc(S(=O)(=O)c2ccccc2)c(C(F)(F)F)cc1C(=O)N=C(N)N. The molecule has 28 heavy (non-hydrogen) atoms. The van der Waals surface area contributed by atoms with Crippen LogP contribution in [0.4, 0.5) is 13.2 Å². The maximum absolute atomic E-state index is 13.6. The van der Waals surface area contributed by atoms with E-state index in [1.807, 2.05) is 0 Å². The van der Waals surface area contributed by atoms with Gasteiger partial charge in [-0.15, -0.1) is 6.58 Å². The largest absolute Gasteiger partial charge is 0.417 e. The first kappa shape index (κ1) is 21.2. The number of sulfone groups is 1. The van der Waals surface area contributed by atoms with Gasteiger partial charge in [-0.05, 0) is 36.2 Å². The molecule has 0 heterocycles. The van der Waals surface area contributed by atoms with Crippen LogP contribution in [0.3, 0.4) is 0 Å². The van der Waals surface area contributed by atoms with Crippen molar-refractivity contribution in [1.29, 1.82) is 0 Å². The Kier molecular flexibility index (Phi) is 5.93. The maximum Gasteiger partial charge on any atom is 0.417 e. The van der Waals surface area contributed by atoms with Crippen LogP contribution in [0.1, 0.15) is 21.5 Å².